The summed E-state index contributed by atoms with van der Waals surface area (Å²) in [5, 5.41) is 11.1. The summed E-state index contributed by atoms with van der Waals surface area (Å²) in [4.78, 5) is 22.1. The van der Waals surface area contributed by atoms with Crippen LogP contribution in [0.25, 0.3) is 0 Å². The lowest BCUT2D eigenvalue weighted by Crippen LogP contribution is -2.20. The number of hydrogen-bond donors (Lipinski definition) is 2. The first-order valence-electron chi connectivity index (χ1n) is 7.00. The fourth-order valence-electron chi connectivity index (χ4n) is 1.84. The molecule has 1 amide bonds. The minimum absolute atomic E-state index is 0.00687. The number of halogens is 3. The van der Waals surface area contributed by atoms with Crippen molar-refractivity contribution in [3.05, 3.63) is 23.8 Å². The predicted octanol–water partition coefficient (Wildman–Crippen LogP) is 3.52. The van der Waals surface area contributed by atoms with Crippen LogP contribution in [0.3, 0.4) is 0 Å². The minimum atomic E-state index is -4.43. The summed E-state index contributed by atoms with van der Waals surface area (Å²) in [6, 6.07) is 4.44. The SMILES string of the molecule is Cc1c(NC(=O)CCCCC(=O)O)cccc1OCC(F)(F)F. The average Bonchev–Trinajstić information content (AvgIpc) is 2.43. The molecular formula is C15H18F3NO4. The van der Waals surface area contributed by atoms with Crippen molar-refractivity contribution in [3.8, 4) is 5.75 Å². The molecule has 0 aliphatic carbocycles. The standard InChI is InChI=1S/C15H18F3NO4/c1-10-11(19-13(20)7-2-3-8-14(21)22)5-4-6-12(10)23-9-15(16,17)18/h4-6H,2-3,7-9H2,1H3,(H,19,20)(H,21,22). The van der Waals surface area contributed by atoms with E-state index < -0.39 is 18.8 Å². The van der Waals surface area contributed by atoms with Gasteiger partial charge in [0.25, 0.3) is 0 Å². The Morgan fingerprint density at radius 1 is 1.22 bits per heavy atom. The van der Waals surface area contributed by atoms with Crippen LogP contribution in [0, 0.1) is 6.92 Å². The predicted molar refractivity (Wildman–Crippen MR) is 77.5 cm³/mol. The number of benzene rings is 1. The lowest BCUT2D eigenvalue weighted by Gasteiger charge is -2.14. The van der Waals surface area contributed by atoms with Crippen molar-refractivity contribution >= 4 is 17.6 Å². The molecule has 0 atom stereocenters. The highest BCUT2D eigenvalue weighted by atomic mass is 19.4. The van der Waals surface area contributed by atoms with Crippen molar-refractivity contribution < 1.29 is 32.6 Å². The fraction of sp³-hybridized carbons (Fsp3) is 0.467. The van der Waals surface area contributed by atoms with Gasteiger partial charge in [-0.1, -0.05) is 6.07 Å². The Balaban J connectivity index is 2.56. The molecule has 0 saturated heterocycles. The second-order valence-corrected chi connectivity index (χ2v) is 4.98. The van der Waals surface area contributed by atoms with E-state index in [2.05, 4.69) is 5.32 Å². The van der Waals surface area contributed by atoms with Crippen LogP contribution in [-0.4, -0.2) is 29.8 Å². The van der Waals surface area contributed by atoms with Crippen molar-refractivity contribution in [2.45, 2.75) is 38.8 Å². The van der Waals surface area contributed by atoms with Crippen molar-refractivity contribution in [3.63, 3.8) is 0 Å². The Morgan fingerprint density at radius 2 is 1.87 bits per heavy atom. The van der Waals surface area contributed by atoms with Gasteiger partial charge in [0.05, 0.1) is 0 Å². The van der Waals surface area contributed by atoms with Crippen LogP contribution in [0.2, 0.25) is 0 Å². The molecule has 23 heavy (non-hydrogen) atoms. The molecule has 0 radical (unpaired) electrons. The second-order valence-electron chi connectivity index (χ2n) is 4.98. The van der Waals surface area contributed by atoms with Gasteiger partial charge in [-0.25, -0.2) is 0 Å². The molecule has 0 unspecified atom stereocenters. The van der Waals surface area contributed by atoms with Gasteiger partial charge < -0.3 is 15.2 Å². The lowest BCUT2D eigenvalue weighted by atomic mass is 10.1. The van der Waals surface area contributed by atoms with Crippen LogP contribution in [0.1, 0.15) is 31.2 Å². The van der Waals surface area contributed by atoms with E-state index in [0.29, 0.717) is 24.1 Å². The number of hydrogen-bond acceptors (Lipinski definition) is 3. The quantitative estimate of drug-likeness (QED) is 0.714. The van der Waals surface area contributed by atoms with Gasteiger partial charge in [-0.2, -0.15) is 13.2 Å². The van der Waals surface area contributed by atoms with E-state index in [9.17, 15) is 22.8 Å². The number of aliphatic carboxylic acids is 1. The van der Waals surface area contributed by atoms with Crippen molar-refractivity contribution in [2.75, 3.05) is 11.9 Å². The number of rotatable bonds is 8. The number of ether oxygens (including phenoxy) is 1. The topological polar surface area (TPSA) is 75.6 Å². The van der Waals surface area contributed by atoms with Crippen molar-refractivity contribution in [1.29, 1.82) is 0 Å². The summed E-state index contributed by atoms with van der Waals surface area (Å²) in [6.07, 6.45) is -3.50. The number of carboxylic acid groups (broad SMARTS) is 1. The maximum Gasteiger partial charge on any atom is 0.422 e. The smallest absolute Gasteiger partial charge is 0.422 e. The molecule has 2 N–H and O–H groups in total. The van der Waals surface area contributed by atoms with E-state index in [1.165, 1.54) is 12.1 Å². The minimum Gasteiger partial charge on any atom is -0.484 e. The van der Waals surface area contributed by atoms with Gasteiger partial charge in [-0.3, -0.25) is 9.59 Å². The number of nitrogens with one attached hydrogen (secondary N) is 1. The molecule has 0 bridgehead atoms. The molecule has 0 aliphatic heterocycles. The number of carbonyl (C=O) groups excluding carboxylic acids is 1. The Hall–Kier alpha value is -2.25. The second kappa shape index (κ2) is 8.40. The molecule has 128 valence electrons. The highest BCUT2D eigenvalue weighted by Gasteiger charge is 2.28. The van der Waals surface area contributed by atoms with Crippen LogP contribution in [0.4, 0.5) is 18.9 Å². The summed E-state index contributed by atoms with van der Waals surface area (Å²) in [5.41, 5.74) is 0.767. The molecule has 5 nitrogen and oxygen atoms in total. The maximum absolute atomic E-state index is 12.2. The van der Waals surface area contributed by atoms with Gasteiger partial charge in [0.1, 0.15) is 5.75 Å². The van der Waals surface area contributed by atoms with Crippen LogP contribution >= 0.6 is 0 Å². The normalized spacial score (nSPS) is 11.1. The number of carbonyl (C=O) groups is 2. The number of carboxylic acids is 1. The van der Waals surface area contributed by atoms with E-state index in [-0.39, 0.29) is 24.5 Å². The third-order valence-electron chi connectivity index (χ3n) is 2.99. The highest BCUT2D eigenvalue weighted by Crippen LogP contribution is 2.27. The Morgan fingerprint density at radius 3 is 2.48 bits per heavy atom. The van der Waals surface area contributed by atoms with Gasteiger partial charge in [0, 0.05) is 24.1 Å². The summed E-state index contributed by atoms with van der Waals surface area (Å²) in [5.74, 6) is -1.20. The van der Waals surface area contributed by atoms with Crippen molar-refractivity contribution in [1.82, 2.24) is 0 Å². The zero-order valence-electron chi connectivity index (χ0n) is 12.6. The van der Waals surface area contributed by atoms with Gasteiger partial charge in [0.2, 0.25) is 5.91 Å². The van der Waals surface area contributed by atoms with Crippen LogP contribution in [-0.2, 0) is 9.59 Å². The molecule has 0 fully saturated rings. The molecule has 0 spiro atoms. The first-order valence-corrected chi connectivity index (χ1v) is 7.00. The Kier molecular flexibility index (Phi) is 6.87. The molecule has 0 aliphatic rings. The third-order valence-corrected chi connectivity index (χ3v) is 2.99. The number of anilines is 1. The summed E-state index contributed by atoms with van der Waals surface area (Å²) < 4.78 is 41.2. The molecule has 0 saturated carbocycles. The van der Waals surface area contributed by atoms with Gasteiger partial charge in [-0.15, -0.1) is 0 Å². The first kappa shape index (κ1) is 18.8. The Bertz CT molecular complexity index is 558. The van der Waals surface area contributed by atoms with Crippen LogP contribution in [0.5, 0.6) is 5.75 Å². The highest BCUT2D eigenvalue weighted by molar-refractivity contribution is 5.91. The molecule has 0 aromatic heterocycles. The number of amides is 1. The van der Waals surface area contributed by atoms with E-state index in [1.807, 2.05) is 0 Å². The lowest BCUT2D eigenvalue weighted by molar-refractivity contribution is -0.153. The summed E-state index contributed by atoms with van der Waals surface area (Å²) >= 11 is 0. The molecule has 1 aromatic rings. The average molecular weight is 333 g/mol. The number of alkyl halides is 3. The number of unbranched alkanes of at least 4 members (excludes halogenated alkanes) is 1. The Labute approximate surface area is 131 Å². The monoisotopic (exact) mass is 333 g/mol. The molecule has 1 rings (SSSR count). The van der Waals surface area contributed by atoms with Crippen LogP contribution < -0.4 is 10.1 Å². The van der Waals surface area contributed by atoms with Gasteiger partial charge in [0.15, 0.2) is 6.61 Å². The zero-order valence-corrected chi connectivity index (χ0v) is 12.6. The van der Waals surface area contributed by atoms with E-state index >= 15 is 0 Å². The van der Waals surface area contributed by atoms with E-state index in [4.69, 9.17) is 9.84 Å². The zero-order chi connectivity index (χ0) is 17.5. The largest absolute Gasteiger partial charge is 0.484 e. The van der Waals surface area contributed by atoms with E-state index in [1.54, 1.807) is 13.0 Å². The maximum atomic E-state index is 12.2. The fourth-order valence-corrected chi connectivity index (χ4v) is 1.84. The molecule has 8 heteroatoms. The third kappa shape index (κ3) is 7.53. The van der Waals surface area contributed by atoms with Crippen molar-refractivity contribution in [2.24, 2.45) is 0 Å². The van der Waals surface area contributed by atoms with Gasteiger partial charge >= 0.3 is 12.1 Å². The summed E-state index contributed by atoms with van der Waals surface area (Å²) in [7, 11) is 0. The van der Waals surface area contributed by atoms with E-state index in [0.717, 1.165) is 0 Å². The first-order chi connectivity index (χ1) is 10.7. The summed E-state index contributed by atoms with van der Waals surface area (Å²) in [6.45, 7) is 0.145. The van der Waals surface area contributed by atoms with Gasteiger partial charge in [-0.05, 0) is 31.9 Å². The van der Waals surface area contributed by atoms with Crippen LogP contribution in [0.15, 0.2) is 18.2 Å². The molecule has 0 heterocycles. The molecular weight excluding hydrogens is 315 g/mol. The molecule has 1 aromatic carbocycles.